The van der Waals surface area contributed by atoms with E-state index in [2.05, 4.69) is 19.2 Å². The van der Waals surface area contributed by atoms with E-state index in [4.69, 9.17) is 0 Å². The third kappa shape index (κ3) is 40.6. The lowest BCUT2D eigenvalue weighted by Crippen LogP contribution is -2.45. The van der Waals surface area contributed by atoms with Crippen LogP contribution in [0.4, 0.5) is 0 Å². The summed E-state index contributed by atoms with van der Waals surface area (Å²) in [7, 11) is 0. The molecule has 0 bridgehead atoms. The molecule has 5 heteroatoms. The van der Waals surface area contributed by atoms with Crippen molar-refractivity contribution in [1.82, 2.24) is 5.32 Å². The van der Waals surface area contributed by atoms with Crippen LogP contribution in [0.25, 0.3) is 0 Å². The lowest BCUT2D eigenvalue weighted by molar-refractivity contribution is -0.124. The van der Waals surface area contributed by atoms with Crippen LogP contribution in [-0.2, 0) is 4.79 Å². The number of hydrogen-bond acceptors (Lipinski definition) is 4. The number of nitrogens with one attached hydrogen (secondary N) is 1. The summed E-state index contributed by atoms with van der Waals surface area (Å²) in [6.45, 7) is 4.24. The van der Waals surface area contributed by atoms with E-state index in [0.29, 0.717) is 6.42 Å². The molecule has 0 aromatic heterocycles. The number of carbonyl (C=O) groups is 1. The zero-order chi connectivity index (χ0) is 38.7. The second-order valence-corrected chi connectivity index (χ2v) is 16.7. The van der Waals surface area contributed by atoms with Gasteiger partial charge in [0.25, 0.3) is 0 Å². The van der Waals surface area contributed by atoms with Gasteiger partial charge < -0.3 is 20.6 Å². The van der Waals surface area contributed by atoms with E-state index in [9.17, 15) is 20.1 Å². The van der Waals surface area contributed by atoms with Crippen molar-refractivity contribution in [2.45, 2.75) is 283 Å². The van der Waals surface area contributed by atoms with Gasteiger partial charge in [-0.05, 0) is 19.3 Å². The first-order chi connectivity index (χ1) is 26.0. The average Bonchev–Trinajstić information content (AvgIpc) is 3.15. The minimum Gasteiger partial charge on any atom is -0.394 e. The fourth-order valence-electron chi connectivity index (χ4n) is 7.64. The van der Waals surface area contributed by atoms with Gasteiger partial charge in [-0.1, -0.05) is 251 Å². The van der Waals surface area contributed by atoms with E-state index in [-0.39, 0.29) is 18.9 Å². The van der Waals surface area contributed by atoms with E-state index in [0.717, 1.165) is 25.7 Å². The molecule has 4 N–H and O–H groups in total. The van der Waals surface area contributed by atoms with Crippen LogP contribution in [0.3, 0.4) is 0 Å². The number of rotatable bonds is 44. The molecule has 0 fully saturated rings. The van der Waals surface area contributed by atoms with Gasteiger partial charge in [0.1, 0.15) is 0 Å². The molecular formula is C48H95NO4. The molecular weight excluding hydrogens is 655 g/mol. The minimum absolute atomic E-state index is 0.0191. The van der Waals surface area contributed by atoms with Gasteiger partial charge in [-0.25, -0.2) is 0 Å². The molecule has 3 unspecified atom stereocenters. The summed E-state index contributed by atoms with van der Waals surface area (Å²) >= 11 is 0. The Morgan fingerprint density at radius 3 is 1.09 bits per heavy atom. The van der Waals surface area contributed by atoms with Crippen LogP contribution < -0.4 is 5.32 Å². The highest BCUT2D eigenvalue weighted by molar-refractivity contribution is 5.76. The first kappa shape index (κ1) is 52.1. The molecule has 0 aliphatic rings. The molecule has 0 spiro atoms. The summed E-state index contributed by atoms with van der Waals surface area (Å²) in [5, 5.41) is 33.3. The second-order valence-electron chi connectivity index (χ2n) is 16.7. The molecule has 0 saturated carbocycles. The van der Waals surface area contributed by atoms with Crippen molar-refractivity contribution in [3.63, 3.8) is 0 Å². The first-order valence-electron chi connectivity index (χ1n) is 24.0. The van der Waals surface area contributed by atoms with Gasteiger partial charge in [0, 0.05) is 0 Å². The number of unbranched alkanes of at least 4 members (excludes halogenated alkanes) is 35. The topological polar surface area (TPSA) is 89.8 Å². The van der Waals surface area contributed by atoms with Crippen molar-refractivity contribution in [3.8, 4) is 0 Å². The van der Waals surface area contributed by atoms with Crippen LogP contribution in [0.5, 0.6) is 0 Å². The predicted octanol–water partition coefficient (Wildman–Crippen LogP) is 14.0. The number of aliphatic hydroxyl groups is 3. The van der Waals surface area contributed by atoms with Crippen molar-refractivity contribution in [2.24, 2.45) is 0 Å². The molecule has 0 aromatic carbocycles. The Balaban J connectivity index is 3.60. The third-order valence-corrected chi connectivity index (χ3v) is 11.3. The molecule has 53 heavy (non-hydrogen) atoms. The Bertz CT molecular complexity index is 743. The van der Waals surface area contributed by atoms with Gasteiger partial charge in [0.2, 0.25) is 5.91 Å². The van der Waals surface area contributed by atoms with E-state index < -0.39 is 18.2 Å². The minimum atomic E-state index is -0.924. The molecule has 0 aliphatic heterocycles. The van der Waals surface area contributed by atoms with Crippen LogP contribution in [0.1, 0.15) is 264 Å². The molecule has 5 nitrogen and oxygen atoms in total. The van der Waals surface area contributed by atoms with Gasteiger partial charge in [-0.15, -0.1) is 0 Å². The van der Waals surface area contributed by atoms with Crippen LogP contribution in [0.15, 0.2) is 12.2 Å². The Morgan fingerprint density at radius 2 is 0.774 bits per heavy atom. The van der Waals surface area contributed by atoms with Crippen molar-refractivity contribution in [1.29, 1.82) is 0 Å². The van der Waals surface area contributed by atoms with Crippen molar-refractivity contribution in [2.75, 3.05) is 6.61 Å². The van der Waals surface area contributed by atoms with Crippen molar-refractivity contribution < 1.29 is 20.1 Å². The molecule has 1 amide bonds. The second kappa shape index (κ2) is 43.8. The summed E-state index contributed by atoms with van der Waals surface area (Å²) in [6, 6.07) is -0.739. The first-order valence-corrected chi connectivity index (χ1v) is 24.0. The number of allylic oxidation sites excluding steroid dienone is 1. The lowest BCUT2D eigenvalue weighted by atomic mass is 10.0. The van der Waals surface area contributed by atoms with Crippen LogP contribution in [0.2, 0.25) is 0 Å². The Morgan fingerprint density at radius 1 is 0.472 bits per heavy atom. The smallest absolute Gasteiger partial charge is 0.222 e. The van der Waals surface area contributed by atoms with Crippen LogP contribution in [-0.4, -0.2) is 46.1 Å². The van der Waals surface area contributed by atoms with Gasteiger partial charge in [-0.2, -0.15) is 0 Å². The molecule has 0 heterocycles. The highest BCUT2D eigenvalue weighted by Gasteiger charge is 2.20. The van der Waals surface area contributed by atoms with Crippen LogP contribution >= 0.6 is 0 Å². The highest BCUT2D eigenvalue weighted by Crippen LogP contribution is 2.17. The molecule has 0 aliphatic carbocycles. The summed E-state index contributed by atoms with van der Waals surface area (Å²) < 4.78 is 0. The average molecular weight is 750 g/mol. The SMILES string of the molecule is CCCCCCCCCCCCCCCCCCC/C=C/C(O)C(CO)NC(=O)CC(O)CCCCCCCCCCCCCCCCCCCCC. The maximum atomic E-state index is 12.5. The van der Waals surface area contributed by atoms with E-state index in [1.54, 1.807) is 6.08 Å². The summed E-state index contributed by atoms with van der Waals surface area (Å²) in [6.07, 6.45) is 52.2. The van der Waals surface area contributed by atoms with Gasteiger partial charge in [-0.3, -0.25) is 4.79 Å². The number of hydrogen-bond donors (Lipinski definition) is 4. The fourth-order valence-corrected chi connectivity index (χ4v) is 7.64. The molecule has 0 radical (unpaired) electrons. The zero-order valence-electron chi connectivity index (χ0n) is 35.9. The third-order valence-electron chi connectivity index (χ3n) is 11.3. The number of amides is 1. The van der Waals surface area contributed by atoms with E-state index >= 15 is 0 Å². The molecule has 3 atom stereocenters. The normalized spacial score (nSPS) is 13.5. The number of carbonyl (C=O) groups excluding carboxylic acids is 1. The molecule has 0 rings (SSSR count). The summed E-state index contributed by atoms with van der Waals surface area (Å²) in [5.74, 6) is -0.310. The van der Waals surface area contributed by atoms with E-state index in [1.807, 2.05) is 6.08 Å². The number of aliphatic hydroxyl groups excluding tert-OH is 3. The van der Waals surface area contributed by atoms with E-state index in [1.165, 1.54) is 212 Å². The molecule has 0 aromatic rings. The fraction of sp³-hybridized carbons (Fsp3) is 0.938. The van der Waals surface area contributed by atoms with Crippen LogP contribution in [0, 0.1) is 0 Å². The molecule has 316 valence electrons. The maximum absolute atomic E-state index is 12.5. The summed E-state index contributed by atoms with van der Waals surface area (Å²) in [4.78, 5) is 12.5. The quantitative estimate of drug-likeness (QED) is 0.0369. The Kier molecular flexibility index (Phi) is 43.1. The van der Waals surface area contributed by atoms with Gasteiger partial charge >= 0.3 is 0 Å². The van der Waals surface area contributed by atoms with Gasteiger partial charge in [0.05, 0.1) is 31.3 Å². The Labute approximate surface area is 331 Å². The zero-order valence-corrected chi connectivity index (χ0v) is 35.9. The predicted molar refractivity (Wildman–Crippen MR) is 232 cm³/mol. The lowest BCUT2D eigenvalue weighted by Gasteiger charge is -2.21. The summed E-state index contributed by atoms with van der Waals surface area (Å²) in [5.41, 5.74) is 0. The molecule has 0 saturated heterocycles. The largest absolute Gasteiger partial charge is 0.394 e. The van der Waals surface area contributed by atoms with Crippen molar-refractivity contribution >= 4 is 5.91 Å². The standard InChI is InChI=1S/C48H95NO4/c1-3-5-7-9-11-13-15-17-19-21-23-25-27-29-31-33-35-37-39-41-45(51)43-48(53)49-46(44-50)47(52)42-40-38-36-34-32-30-28-26-24-22-20-18-16-14-12-10-8-6-4-2/h40,42,45-47,50-52H,3-39,41,43-44H2,1-2H3,(H,49,53)/b42-40+. The monoisotopic (exact) mass is 750 g/mol. The van der Waals surface area contributed by atoms with Gasteiger partial charge in [0.15, 0.2) is 0 Å². The maximum Gasteiger partial charge on any atom is 0.222 e. The van der Waals surface area contributed by atoms with Crippen molar-refractivity contribution in [3.05, 3.63) is 12.2 Å². The Hall–Kier alpha value is -0.910. The highest BCUT2D eigenvalue weighted by atomic mass is 16.3.